The van der Waals surface area contributed by atoms with Crippen LogP contribution in [0.2, 0.25) is 0 Å². The number of hydrogen-bond donors (Lipinski definition) is 0. The predicted molar refractivity (Wildman–Crippen MR) is 102 cm³/mol. The number of hydrogen-bond acceptors (Lipinski definition) is 5. The Morgan fingerprint density at radius 2 is 2.12 bits per heavy atom. The van der Waals surface area contributed by atoms with E-state index < -0.39 is 4.87 Å². The van der Waals surface area contributed by atoms with Crippen LogP contribution in [-0.4, -0.2) is 52.1 Å². The first-order valence-corrected chi connectivity index (χ1v) is 9.78. The van der Waals surface area contributed by atoms with E-state index in [1.54, 1.807) is 18.9 Å². The summed E-state index contributed by atoms with van der Waals surface area (Å²) in [6, 6.07) is 8.01. The molecule has 0 amide bonds. The summed E-state index contributed by atoms with van der Waals surface area (Å²) < 4.78 is 7.39. The third kappa shape index (κ3) is 3.60. The van der Waals surface area contributed by atoms with Crippen molar-refractivity contribution >= 4 is 18.0 Å². The highest BCUT2D eigenvalue weighted by atomic mass is 32.2. The lowest BCUT2D eigenvalue weighted by Crippen LogP contribution is -2.49. The molecule has 1 aromatic heterocycles. The van der Waals surface area contributed by atoms with Gasteiger partial charge in [-0.25, -0.2) is 4.98 Å². The number of nitrogens with zero attached hydrogens (tertiary/aromatic N) is 3. The van der Waals surface area contributed by atoms with Gasteiger partial charge in [0.2, 0.25) is 0 Å². The Hall–Kier alpha value is -1.79. The maximum Gasteiger partial charge on any atom is 0.150 e. The maximum absolute atomic E-state index is 11.6. The molecule has 0 bridgehead atoms. The minimum atomic E-state index is -0.462. The van der Waals surface area contributed by atoms with Gasteiger partial charge in [0, 0.05) is 30.5 Å². The van der Waals surface area contributed by atoms with E-state index in [9.17, 15) is 4.79 Å². The molecule has 1 fully saturated rings. The van der Waals surface area contributed by atoms with Crippen LogP contribution in [0.1, 0.15) is 31.5 Å². The molecule has 2 atom stereocenters. The lowest BCUT2D eigenvalue weighted by molar-refractivity contribution is -0.113. The smallest absolute Gasteiger partial charge is 0.150 e. The van der Waals surface area contributed by atoms with E-state index in [-0.39, 0.29) is 0 Å². The van der Waals surface area contributed by atoms with Gasteiger partial charge < -0.3 is 14.1 Å². The number of benzene rings is 1. The van der Waals surface area contributed by atoms with Gasteiger partial charge in [0.15, 0.2) is 0 Å². The van der Waals surface area contributed by atoms with Crippen molar-refractivity contribution < 1.29 is 9.53 Å². The number of likely N-dealkylation sites (tertiary alicyclic amines) is 1. The van der Waals surface area contributed by atoms with Crippen molar-refractivity contribution in [3.05, 3.63) is 42.5 Å². The number of aldehydes is 1. The molecular formula is C19H25N3O2S. The summed E-state index contributed by atoms with van der Waals surface area (Å²) in [7, 11) is 1.67. The van der Waals surface area contributed by atoms with Crippen molar-refractivity contribution in [2.45, 2.75) is 30.6 Å². The SMILES string of the molecule is COc1ccc(-n2ccnc2C2CCCN(C(C)(C=O)SC)C2)cc1. The van der Waals surface area contributed by atoms with Crippen LogP contribution in [0.15, 0.2) is 36.7 Å². The summed E-state index contributed by atoms with van der Waals surface area (Å²) >= 11 is 1.60. The standard InChI is InChI=1S/C19H25N3O2S/c1-19(14-23,25-3)21-11-4-5-15(13-21)18-20-10-12-22(18)16-6-8-17(24-2)9-7-16/h6-10,12,14-15H,4-5,11,13H2,1-3H3. The third-order valence-electron chi connectivity index (χ3n) is 5.07. The van der Waals surface area contributed by atoms with E-state index >= 15 is 0 Å². The molecule has 2 unspecified atom stereocenters. The topological polar surface area (TPSA) is 47.4 Å². The van der Waals surface area contributed by atoms with Crippen LogP contribution in [0, 0.1) is 0 Å². The number of imidazole rings is 1. The van der Waals surface area contributed by atoms with Gasteiger partial charge in [-0.05, 0) is 56.8 Å². The Kier molecular flexibility index (Phi) is 5.49. The Labute approximate surface area is 153 Å². The van der Waals surface area contributed by atoms with Gasteiger partial charge in [0.25, 0.3) is 0 Å². The normalized spacial score (nSPS) is 20.8. The number of aromatic nitrogens is 2. The molecule has 134 valence electrons. The van der Waals surface area contributed by atoms with Gasteiger partial charge in [0.1, 0.15) is 22.7 Å². The van der Waals surface area contributed by atoms with E-state index in [1.807, 2.05) is 49.8 Å². The summed E-state index contributed by atoms with van der Waals surface area (Å²) in [5, 5.41) is 0. The summed E-state index contributed by atoms with van der Waals surface area (Å²) in [6.45, 7) is 3.81. The van der Waals surface area contributed by atoms with Crippen LogP contribution in [0.3, 0.4) is 0 Å². The molecule has 2 aromatic rings. The molecule has 0 saturated carbocycles. The predicted octanol–water partition coefficient (Wildman–Crippen LogP) is 3.34. The van der Waals surface area contributed by atoms with Gasteiger partial charge >= 0.3 is 0 Å². The molecule has 6 heteroatoms. The number of ether oxygens (including phenoxy) is 1. The second-order valence-corrected chi connectivity index (χ2v) is 7.75. The summed E-state index contributed by atoms with van der Waals surface area (Å²) in [5.74, 6) is 2.22. The van der Waals surface area contributed by atoms with Crippen molar-refractivity contribution in [1.82, 2.24) is 14.5 Å². The molecule has 0 aliphatic carbocycles. The molecule has 2 heterocycles. The zero-order valence-corrected chi connectivity index (χ0v) is 15.8. The Morgan fingerprint density at radius 1 is 1.36 bits per heavy atom. The molecule has 5 nitrogen and oxygen atoms in total. The molecule has 0 spiro atoms. The number of thioether (sulfide) groups is 1. The van der Waals surface area contributed by atoms with Crippen molar-refractivity contribution in [2.75, 3.05) is 26.5 Å². The first kappa shape index (κ1) is 18.0. The Morgan fingerprint density at radius 3 is 2.76 bits per heavy atom. The van der Waals surface area contributed by atoms with Crippen LogP contribution in [0.4, 0.5) is 0 Å². The molecule has 0 radical (unpaired) electrons. The average Bonchev–Trinajstić information content (AvgIpc) is 3.17. The highest BCUT2D eigenvalue weighted by Gasteiger charge is 2.36. The van der Waals surface area contributed by atoms with Gasteiger partial charge in [-0.2, -0.15) is 0 Å². The first-order valence-electron chi connectivity index (χ1n) is 8.55. The van der Waals surface area contributed by atoms with Crippen LogP contribution in [0.25, 0.3) is 5.69 Å². The van der Waals surface area contributed by atoms with E-state index in [4.69, 9.17) is 4.74 Å². The summed E-state index contributed by atoms with van der Waals surface area (Å²) in [5.41, 5.74) is 1.08. The van der Waals surface area contributed by atoms with Gasteiger partial charge in [-0.1, -0.05) is 0 Å². The van der Waals surface area contributed by atoms with E-state index in [0.29, 0.717) is 5.92 Å². The lowest BCUT2D eigenvalue weighted by atomic mass is 9.96. The van der Waals surface area contributed by atoms with Crippen LogP contribution < -0.4 is 4.74 Å². The second-order valence-electron chi connectivity index (χ2n) is 6.52. The molecule has 3 rings (SSSR count). The Balaban J connectivity index is 1.85. The number of piperidine rings is 1. The molecule has 1 aliphatic rings. The quantitative estimate of drug-likeness (QED) is 0.741. The zero-order valence-electron chi connectivity index (χ0n) is 15.0. The van der Waals surface area contributed by atoms with Crippen LogP contribution in [0.5, 0.6) is 5.75 Å². The number of methoxy groups -OCH3 is 1. The largest absolute Gasteiger partial charge is 0.497 e. The fraction of sp³-hybridized carbons (Fsp3) is 0.474. The fourth-order valence-electron chi connectivity index (χ4n) is 3.42. The lowest BCUT2D eigenvalue weighted by Gasteiger charge is -2.41. The zero-order chi connectivity index (χ0) is 17.9. The number of carbonyl (C=O) groups excluding carboxylic acids is 1. The summed E-state index contributed by atoms with van der Waals surface area (Å²) in [4.78, 5) is 18.1. The highest BCUT2D eigenvalue weighted by Crippen LogP contribution is 2.34. The van der Waals surface area contributed by atoms with E-state index in [0.717, 1.165) is 49.5 Å². The van der Waals surface area contributed by atoms with Crippen molar-refractivity contribution in [3.63, 3.8) is 0 Å². The minimum Gasteiger partial charge on any atom is -0.497 e. The van der Waals surface area contributed by atoms with Crippen LogP contribution in [-0.2, 0) is 4.79 Å². The molecular weight excluding hydrogens is 334 g/mol. The average molecular weight is 359 g/mol. The summed E-state index contributed by atoms with van der Waals surface area (Å²) in [6.07, 6.45) is 9.08. The fourth-order valence-corrected chi connectivity index (χ4v) is 3.94. The minimum absolute atomic E-state index is 0.317. The van der Waals surface area contributed by atoms with E-state index in [2.05, 4.69) is 14.5 Å². The van der Waals surface area contributed by atoms with Crippen molar-refractivity contribution in [1.29, 1.82) is 0 Å². The maximum atomic E-state index is 11.6. The van der Waals surface area contributed by atoms with Gasteiger partial charge in [-0.15, -0.1) is 11.8 Å². The van der Waals surface area contributed by atoms with Crippen LogP contribution >= 0.6 is 11.8 Å². The Bertz CT molecular complexity index is 716. The molecule has 1 saturated heterocycles. The van der Waals surface area contributed by atoms with Gasteiger partial charge in [0.05, 0.1) is 7.11 Å². The number of carbonyl (C=O) groups is 1. The van der Waals surface area contributed by atoms with Crippen molar-refractivity contribution in [3.8, 4) is 11.4 Å². The molecule has 1 aromatic carbocycles. The second kappa shape index (κ2) is 7.62. The van der Waals surface area contributed by atoms with Crippen molar-refractivity contribution in [2.24, 2.45) is 0 Å². The third-order valence-corrected chi connectivity index (χ3v) is 6.25. The molecule has 1 aliphatic heterocycles. The first-order chi connectivity index (χ1) is 12.1. The van der Waals surface area contributed by atoms with E-state index in [1.165, 1.54) is 0 Å². The van der Waals surface area contributed by atoms with Gasteiger partial charge in [-0.3, -0.25) is 4.90 Å². The molecule has 0 N–H and O–H groups in total. The monoisotopic (exact) mass is 359 g/mol. The molecule has 25 heavy (non-hydrogen) atoms. The number of rotatable bonds is 6. The highest BCUT2D eigenvalue weighted by molar-refractivity contribution is 8.00.